The predicted octanol–water partition coefficient (Wildman–Crippen LogP) is 4.61. The molecule has 1 unspecified atom stereocenters. The number of carbonyl (C=O) groups is 1. The van der Waals surface area contributed by atoms with Gasteiger partial charge in [0.1, 0.15) is 23.9 Å². The van der Waals surface area contributed by atoms with E-state index in [2.05, 4.69) is 21.9 Å². The van der Waals surface area contributed by atoms with Crippen molar-refractivity contribution in [1.29, 1.82) is 0 Å². The van der Waals surface area contributed by atoms with E-state index in [1.54, 1.807) is 36.1 Å². The van der Waals surface area contributed by atoms with Crippen LogP contribution in [0.1, 0.15) is 12.5 Å². The molecule has 2 N–H and O–H groups in total. The van der Waals surface area contributed by atoms with E-state index < -0.39 is 17.8 Å². The highest BCUT2D eigenvalue weighted by Gasteiger charge is 2.24. The molecule has 0 saturated carbocycles. The highest BCUT2D eigenvalue weighted by atomic mass is 35.5. The average molecular weight is 475 g/mol. The fraction of sp³-hybridized carbons (Fsp3) is 0.261. The molecule has 8 nitrogen and oxygen atoms in total. The number of nitrogens with zero attached hydrogens (tertiary/aromatic N) is 3. The Morgan fingerprint density at radius 2 is 2.09 bits per heavy atom. The molecule has 3 rings (SSSR count). The molecule has 0 saturated heterocycles. The summed E-state index contributed by atoms with van der Waals surface area (Å²) < 4.78 is 25.1. The van der Waals surface area contributed by atoms with Crippen molar-refractivity contribution in [2.75, 3.05) is 26.1 Å². The van der Waals surface area contributed by atoms with E-state index in [0.717, 1.165) is 0 Å². The molecular formula is C23H24ClFN4O4. The molecule has 0 aliphatic carbocycles. The van der Waals surface area contributed by atoms with Gasteiger partial charge in [0.2, 0.25) is 0 Å². The van der Waals surface area contributed by atoms with Gasteiger partial charge >= 0.3 is 5.97 Å². The van der Waals surface area contributed by atoms with Gasteiger partial charge in [-0.05, 0) is 25.1 Å². The molecule has 1 aromatic heterocycles. The normalized spacial score (nSPS) is 11.8. The van der Waals surface area contributed by atoms with Gasteiger partial charge < -0.3 is 24.8 Å². The van der Waals surface area contributed by atoms with Crippen molar-refractivity contribution in [3.63, 3.8) is 0 Å². The summed E-state index contributed by atoms with van der Waals surface area (Å²) in [7, 11) is 3.02. The zero-order valence-electron chi connectivity index (χ0n) is 18.4. The number of carboxylic acid groups (broad SMARTS) is 1. The Labute approximate surface area is 195 Å². The summed E-state index contributed by atoms with van der Waals surface area (Å²) in [6.07, 6.45) is 1.35. The van der Waals surface area contributed by atoms with Crippen LogP contribution in [-0.4, -0.2) is 52.8 Å². The number of hydrogen-bond acceptors (Lipinski definition) is 7. The molecule has 0 spiro atoms. The van der Waals surface area contributed by atoms with E-state index >= 15 is 0 Å². The highest BCUT2D eigenvalue weighted by molar-refractivity contribution is 6.31. The number of nitrogens with one attached hydrogen (secondary N) is 1. The molecular weight excluding hydrogens is 451 g/mol. The third-order valence-corrected chi connectivity index (χ3v) is 5.42. The van der Waals surface area contributed by atoms with Gasteiger partial charge in [-0.25, -0.2) is 19.2 Å². The maximum atomic E-state index is 14.4. The maximum absolute atomic E-state index is 14.4. The summed E-state index contributed by atoms with van der Waals surface area (Å²) >= 11 is 5.89. The summed E-state index contributed by atoms with van der Waals surface area (Å²) in [6, 6.07) is 7.25. The van der Waals surface area contributed by atoms with Crippen molar-refractivity contribution in [3.05, 3.63) is 65.3 Å². The van der Waals surface area contributed by atoms with Crippen molar-refractivity contribution in [1.82, 2.24) is 14.9 Å². The third-order valence-electron chi connectivity index (χ3n) is 5.12. The first kappa shape index (κ1) is 24.2. The molecule has 0 amide bonds. The van der Waals surface area contributed by atoms with E-state index in [9.17, 15) is 14.3 Å². The minimum atomic E-state index is -1.01. The summed E-state index contributed by atoms with van der Waals surface area (Å²) in [5, 5.41) is 13.1. The molecule has 33 heavy (non-hydrogen) atoms. The zero-order chi connectivity index (χ0) is 24.1. The molecule has 0 radical (unpaired) electrons. The van der Waals surface area contributed by atoms with E-state index in [-0.39, 0.29) is 23.9 Å². The van der Waals surface area contributed by atoms with Gasteiger partial charge in [-0.3, -0.25) is 0 Å². The fourth-order valence-corrected chi connectivity index (χ4v) is 3.53. The summed E-state index contributed by atoms with van der Waals surface area (Å²) in [6.45, 7) is 5.86. The van der Waals surface area contributed by atoms with E-state index in [4.69, 9.17) is 21.1 Å². The molecule has 0 fully saturated rings. The topological polar surface area (TPSA) is 96.8 Å². The van der Waals surface area contributed by atoms with Crippen molar-refractivity contribution in [2.24, 2.45) is 0 Å². The standard InChI is InChI=1S/C23H24ClFN4O4/c1-13(11-32-3)29(14(2)23(30)31)10-15-8-16-19(9-20(15)33-4)26-12-27-22(16)28-18-7-5-6-17(24)21(18)25/h5-9,12,14H,1,10-11H2,2-4H3,(H,30,31)(H,26,27,28). The lowest BCUT2D eigenvalue weighted by molar-refractivity contribution is -0.142. The Hall–Kier alpha value is -3.43. The number of methoxy groups -OCH3 is 2. The first-order chi connectivity index (χ1) is 15.8. The molecule has 1 atom stereocenters. The molecule has 0 aliphatic heterocycles. The van der Waals surface area contributed by atoms with E-state index in [0.29, 0.717) is 33.7 Å². The number of aliphatic carboxylic acids is 1. The first-order valence-corrected chi connectivity index (χ1v) is 10.3. The number of aromatic nitrogens is 2. The lowest BCUT2D eigenvalue weighted by Gasteiger charge is -2.30. The molecule has 2 aromatic carbocycles. The highest BCUT2D eigenvalue weighted by Crippen LogP contribution is 2.32. The average Bonchev–Trinajstić information content (AvgIpc) is 2.79. The van der Waals surface area contributed by atoms with Crippen LogP contribution in [0.2, 0.25) is 5.02 Å². The number of benzene rings is 2. The zero-order valence-corrected chi connectivity index (χ0v) is 19.2. The second-order valence-corrected chi connectivity index (χ2v) is 7.68. The summed E-state index contributed by atoms with van der Waals surface area (Å²) in [5.74, 6) is -0.737. The van der Waals surface area contributed by atoms with Gasteiger partial charge in [0.25, 0.3) is 0 Å². The summed E-state index contributed by atoms with van der Waals surface area (Å²) in [5.41, 5.74) is 1.89. The molecule has 174 valence electrons. The van der Waals surface area contributed by atoms with Gasteiger partial charge in [0.15, 0.2) is 5.82 Å². The smallest absolute Gasteiger partial charge is 0.326 e. The van der Waals surface area contributed by atoms with Crippen LogP contribution in [0.25, 0.3) is 10.9 Å². The predicted molar refractivity (Wildman–Crippen MR) is 124 cm³/mol. The summed E-state index contributed by atoms with van der Waals surface area (Å²) in [4.78, 5) is 21.8. The number of halogens is 2. The van der Waals surface area contributed by atoms with Crippen LogP contribution < -0.4 is 10.1 Å². The van der Waals surface area contributed by atoms with Crippen molar-refractivity contribution in [3.8, 4) is 5.75 Å². The van der Waals surface area contributed by atoms with Crippen LogP contribution >= 0.6 is 11.6 Å². The van der Waals surface area contributed by atoms with Crippen molar-refractivity contribution in [2.45, 2.75) is 19.5 Å². The van der Waals surface area contributed by atoms with Crippen LogP contribution in [0.3, 0.4) is 0 Å². The number of ether oxygens (including phenoxy) is 2. The second-order valence-electron chi connectivity index (χ2n) is 7.27. The SMILES string of the molecule is C=C(COC)N(Cc1cc2c(Nc3cccc(Cl)c3F)ncnc2cc1OC)C(C)C(=O)O. The van der Waals surface area contributed by atoms with Crippen LogP contribution in [0.5, 0.6) is 5.75 Å². The number of anilines is 2. The van der Waals surface area contributed by atoms with Crippen LogP contribution in [0, 0.1) is 5.82 Å². The fourth-order valence-electron chi connectivity index (χ4n) is 3.36. The third kappa shape index (κ3) is 5.32. The van der Waals surface area contributed by atoms with Gasteiger partial charge in [0.05, 0.1) is 29.9 Å². The molecule has 0 aliphatic rings. The van der Waals surface area contributed by atoms with Crippen LogP contribution in [0.4, 0.5) is 15.9 Å². The minimum Gasteiger partial charge on any atom is -0.496 e. The number of carboxylic acids is 1. The molecule has 1 heterocycles. The molecule has 3 aromatic rings. The number of rotatable bonds is 10. The van der Waals surface area contributed by atoms with Gasteiger partial charge in [-0.1, -0.05) is 24.2 Å². The lowest BCUT2D eigenvalue weighted by atomic mass is 10.1. The monoisotopic (exact) mass is 474 g/mol. The second kappa shape index (κ2) is 10.5. The number of hydrogen-bond donors (Lipinski definition) is 2. The Bertz CT molecular complexity index is 1190. The van der Waals surface area contributed by atoms with Crippen molar-refractivity contribution >= 4 is 40.0 Å². The van der Waals surface area contributed by atoms with Crippen molar-refractivity contribution < 1.29 is 23.8 Å². The first-order valence-electron chi connectivity index (χ1n) is 9.95. The Kier molecular flexibility index (Phi) is 7.67. The Morgan fingerprint density at radius 1 is 1.33 bits per heavy atom. The van der Waals surface area contributed by atoms with Gasteiger partial charge in [-0.2, -0.15) is 0 Å². The largest absolute Gasteiger partial charge is 0.496 e. The van der Waals surface area contributed by atoms with Crippen LogP contribution in [-0.2, 0) is 16.1 Å². The minimum absolute atomic E-state index is 0.0179. The Morgan fingerprint density at radius 3 is 2.76 bits per heavy atom. The lowest BCUT2D eigenvalue weighted by Crippen LogP contribution is -2.38. The molecule has 0 bridgehead atoms. The van der Waals surface area contributed by atoms with Gasteiger partial charge in [0, 0.05) is 36.4 Å². The number of fused-ring (bicyclic) bond motifs is 1. The van der Waals surface area contributed by atoms with E-state index in [1.165, 1.54) is 26.6 Å². The maximum Gasteiger partial charge on any atom is 0.326 e. The Balaban J connectivity index is 2.07. The van der Waals surface area contributed by atoms with E-state index in [1.807, 2.05) is 0 Å². The quantitative estimate of drug-likeness (QED) is 0.439. The molecule has 10 heteroatoms. The van der Waals surface area contributed by atoms with Crippen LogP contribution in [0.15, 0.2) is 48.9 Å². The van der Waals surface area contributed by atoms with Gasteiger partial charge in [-0.15, -0.1) is 0 Å².